The molecule has 0 aromatic carbocycles. The molecule has 0 aromatic rings. The Hall–Kier alpha value is -0.120. The molecule has 1 N–H and O–H groups in total. The average molecular weight is 252 g/mol. The third-order valence-corrected chi connectivity index (χ3v) is 4.71. The number of hydrogen-bond acceptors (Lipinski definition) is 3. The van der Waals surface area contributed by atoms with Crippen LogP contribution >= 0.6 is 0 Å². The minimum atomic E-state index is 0.698. The number of hydrogen-bond donors (Lipinski definition) is 1. The van der Waals surface area contributed by atoms with Crippen LogP contribution in [-0.4, -0.2) is 49.8 Å². The second-order valence-corrected chi connectivity index (χ2v) is 6.57. The fourth-order valence-corrected chi connectivity index (χ4v) is 2.98. The van der Waals surface area contributed by atoms with Crippen molar-refractivity contribution in [1.82, 2.24) is 10.2 Å². The SMILES string of the molecule is CC1CNC(C2CC2)CN1CCCOCC1CC1. The summed E-state index contributed by atoms with van der Waals surface area (Å²) < 4.78 is 5.73. The number of piperazine rings is 1. The Morgan fingerprint density at radius 1 is 1.22 bits per heavy atom. The van der Waals surface area contributed by atoms with E-state index in [0.717, 1.165) is 31.1 Å². The summed E-state index contributed by atoms with van der Waals surface area (Å²) in [5, 5.41) is 3.71. The molecule has 2 unspecified atom stereocenters. The zero-order valence-corrected chi connectivity index (χ0v) is 11.7. The Balaban J connectivity index is 1.31. The fourth-order valence-electron chi connectivity index (χ4n) is 2.98. The zero-order valence-electron chi connectivity index (χ0n) is 11.7. The lowest BCUT2D eigenvalue weighted by molar-refractivity contribution is 0.0895. The van der Waals surface area contributed by atoms with E-state index in [1.165, 1.54) is 51.7 Å². The van der Waals surface area contributed by atoms with Gasteiger partial charge in [0, 0.05) is 44.9 Å². The van der Waals surface area contributed by atoms with Crippen LogP contribution in [0.4, 0.5) is 0 Å². The second kappa shape index (κ2) is 5.89. The molecular formula is C15H28N2O. The maximum Gasteiger partial charge on any atom is 0.0494 e. The van der Waals surface area contributed by atoms with Gasteiger partial charge >= 0.3 is 0 Å². The molecule has 0 amide bonds. The van der Waals surface area contributed by atoms with Gasteiger partial charge in [-0.05, 0) is 50.9 Å². The molecule has 3 heteroatoms. The first-order valence-electron chi connectivity index (χ1n) is 7.88. The van der Waals surface area contributed by atoms with Crippen molar-refractivity contribution < 1.29 is 4.74 Å². The lowest BCUT2D eigenvalue weighted by atomic mass is 10.1. The summed E-state index contributed by atoms with van der Waals surface area (Å²) in [7, 11) is 0. The summed E-state index contributed by atoms with van der Waals surface area (Å²) >= 11 is 0. The van der Waals surface area contributed by atoms with Crippen molar-refractivity contribution in [3.63, 3.8) is 0 Å². The maximum absolute atomic E-state index is 5.73. The molecule has 1 aliphatic heterocycles. The van der Waals surface area contributed by atoms with Gasteiger partial charge in [-0.15, -0.1) is 0 Å². The van der Waals surface area contributed by atoms with Gasteiger partial charge in [-0.1, -0.05) is 0 Å². The number of ether oxygens (including phenoxy) is 1. The summed E-state index contributed by atoms with van der Waals surface area (Å²) in [5.74, 6) is 1.88. The van der Waals surface area contributed by atoms with Crippen LogP contribution in [0, 0.1) is 11.8 Å². The molecule has 0 bridgehead atoms. The van der Waals surface area contributed by atoms with Crippen LogP contribution in [0.15, 0.2) is 0 Å². The molecule has 2 aliphatic carbocycles. The first kappa shape index (κ1) is 12.9. The molecule has 3 aliphatic rings. The molecule has 104 valence electrons. The number of nitrogens with one attached hydrogen (secondary N) is 1. The summed E-state index contributed by atoms with van der Waals surface area (Å²) in [4.78, 5) is 2.67. The van der Waals surface area contributed by atoms with Crippen molar-refractivity contribution in [2.24, 2.45) is 11.8 Å². The normalized spacial score (nSPS) is 33.8. The van der Waals surface area contributed by atoms with Gasteiger partial charge in [0.1, 0.15) is 0 Å². The predicted octanol–water partition coefficient (Wildman–Crippen LogP) is 1.88. The molecule has 3 rings (SSSR count). The van der Waals surface area contributed by atoms with Crippen LogP contribution in [-0.2, 0) is 4.74 Å². The first-order valence-corrected chi connectivity index (χ1v) is 7.88. The van der Waals surface area contributed by atoms with Crippen molar-refractivity contribution in [1.29, 1.82) is 0 Å². The lowest BCUT2D eigenvalue weighted by Crippen LogP contribution is -2.56. The highest BCUT2D eigenvalue weighted by Gasteiger charge is 2.35. The Morgan fingerprint density at radius 3 is 2.78 bits per heavy atom. The minimum absolute atomic E-state index is 0.698. The van der Waals surface area contributed by atoms with Crippen LogP contribution in [0.5, 0.6) is 0 Å². The molecular weight excluding hydrogens is 224 g/mol. The van der Waals surface area contributed by atoms with E-state index in [4.69, 9.17) is 4.74 Å². The van der Waals surface area contributed by atoms with Crippen molar-refractivity contribution in [3.8, 4) is 0 Å². The molecule has 0 radical (unpaired) electrons. The predicted molar refractivity (Wildman–Crippen MR) is 73.7 cm³/mol. The molecule has 3 fully saturated rings. The van der Waals surface area contributed by atoms with E-state index in [9.17, 15) is 0 Å². The minimum Gasteiger partial charge on any atom is -0.381 e. The summed E-state index contributed by atoms with van der Waals surface area (Å²) in [6.45, 7) is 7.97. The molecule has 1 saturated heterocycles. The molecule has 18 heavy (non-hydrogen) atoms. The molecule has 1 heterocycles. The van der Waals surface area contributed by atoms with E-state index >= 15 is 0 Å². The van der Waals surface area contributed by atoms with Gasteiger partial charge in [0.25, 0.3) is 0 Å². The van der Waals surface area contributed by atoms with Crippen LogP contribution in [0.2, 0.25) is 0 Å². The summed E-state index contributed by atoms with van der Waals surface area (Å²) in [6.07, 6.45) is 6.90. The van der Waals surface area contributed by atoms with Crippen molar-refractivity contribution in [3.05, 3.63) is 0 Å². The van der Waals surface area contributed by atoms with E-state index < -0.39 is 0 Å². The first-order chi connectivity index (χ1) is 8.83. The Kier molecular flexibility index (Phi) is 4.22. The van der Waals surface area contributed by atoms with Crippen LogP contribution in [0.1, 0.15) is 39.0 Å². The van der Waals surface area contributed by atoms with Gasteiger partial charge in [0.15, 0.2) is 0 Å². The maximum atomic E-state index is 5.73. The summed E-state index contributed by atoms with van der Waals surface area (Å²) in [5.41, 5.74) is 0. The third kappa shape index (κ3) is 3.69. The number of rotatable bonds is 7. The Bertz CT molecular complexity index is 263. The molecule has 2 saturated carbocycles. The van der Waals surface area contributed by atoms with Crippen molar-refractivity contribution >= 4 is 0 Å². The Morgan fingerprint density at radius 2 is 2.06 bits per heavy atom. The largest absolute Gasteiger partial charge is 0.381 e. The van der Waals surface area contributed by atoms with Crippen LogP contribution in [0.25, 0.3) is 0 Å². The van der Waals surface area contributed by atoms with Gasteiger partial charge in [-0.25, -0.2) is 0 Å². The lowest BCUT2D eigenvalue weighted by Gasteiger charge is -2.39. The molecule has 2 atom stereocenters. The van der Waals surface area contributed by atoms with Gasteiger partial charge in [-0.3, -0.25) is 4.90 Å². The van der Waals surface area contributed by atoms with E-state index in [1.54, 1.807) is 0 Å². The van der Waals surface area contributed by atoms with Crippen LogP contribution in [0.3, 0.4) is 0 Å². The second-order valence-electron chi connectivity index (χ2n) is 6.57. The summed E-state index contributed by atoms with van der Waals surface area (Å²) in [6, 6.07) is 1.47. The highest BCUT2D eigenvalue weighted by Crippen LogP contribution is 2.34. The van der Waals surface area contributed by atoms with Gasteiger partial charge < -0.3 is 10.1 Å². The monoisotopic (exact) mass is 252 g/mol. The molecule has 0 spiro atoms. The zero-order chi connectivity index (χ0) is 12.4. The molecule has 3 nitrogen and oxygen atoms in total. The molecule has 0 aromatic heterocycles. The quantitative estimate of drug-likeness (QED) is 0.700. The van der Waals surface area contributed by atoms with E-state index in [2.05, 4.69) is 17.1 Å². The highest BCUT2D eigenvalue weighted by atomic mass is 16.5. The fraction of sp³-hybridized carbons (Fsp3) is 1.00. The highest BCUT2D eigenvalue weighted by molar-refractivity contribution is 4.93. The smallest absolute Gasteiger partial charge is 0.0494 e. The van der Waals surface area contributed by atoms with Crippen molar-refractivity contribution in [2.75, 3.05) is 32.8 Å². The standard InChI is InChI=1S/C15H28N2O/c1-12-9-16-15(14-5-6-14)10-17(12)7-2-8-18-11-13-3-4-13/h12-16H,2-11H2,1H3. The van der Waals surface area contributed by atoms with E-state index in [-0.39, 0.29) is 0 Å². The van der Waals surface area contributed by atoms with Gasteiger partial charge in [0.05, 0.1) is 0 Å². The van der Waals surface area contributed by atoms with Crippen molar-refractivity contribution in [2.45, 2.75) is 51.1 Å². The van der Waals surface area contributed by atoms with Crippen LogP contribution < -0.4 is 5.32 Å². The number of nitrogens with zero attached hydrogens (tertiary/aromatic N) is 1. The van der Waals surface area contributed by atoms with Gasteiger partial charge in [-0.2, -0.15) is 0 Å². The Labute approximate surface area is 111 Å². The van der Waals surface area contributed by atoms with E-state index in [0.29, 0.717) is 6.04 Å². The average Bonchev–Trinajstić information content (AvgIpc) is 3.24. The topological polar surface area (TPSA) is 24.5 Å². The van der Waals surface area contributed by atoms with Gasteiger partial charge in [0.2, 0.25) is 0 Å². The van der Waals surface area contributed by atoms with E-state index in [1.807, 2.05) is 0 Å². The third-order valence-electron chi connectivity index (χ3n) is 4.71.